The highest BCUT2D eigenvalue weighted by molar-refractivity contribution is 6.31. The fourth-order valence-corrected chi connectivity index (χ4v) is 1.99. The molecule has 0 aliphatic rings. The van der Waals surface area contributed by atoms with Gasteiger partial charge in [0, 0.05) is 23.5 Å². The Morgan fingerprint density at radius 3 is 2.65 bits per heavy atom. The van der Waals surface area contributed by atoms with Gasteiger partial charge in [-0.3, -0.25) is 4.79 Å². The van der Waals surface area contributed by atoms with Crippen molar-refractivity contribution >= 4 is 29.1 Å². The van der Waals surface area contributed by atoms with Gasteiger partial charge in [0.2, 0.25) is 5.95 Å². The zero-order valence-corrected chi connectivity index (χ0v) is 14.0. The van der Waals surface area contributed by atoms with Gasteiger partial charge < -0.3 is 15.4 Å². The van der Waals surface area contributed by atoms with E-state index in [2.05, 4.69) is 20.6 Å². The van der Waals surface area contributed by atoms with Gasteiger partial charge in [-0.15, -0.1) is 0 Å². The Kier molecular flexibility index (Phi) is 5.76. The first-order valence-corrected chi connectivity index (χ1v) is 7.64. The predicted octanol–water partition coefficient (Wildman–Crippen LogP) is 3.41. The molecule has 122 valence electrons. The van der Waals surface area contributed by atoms with Crippen molar-refractivity contribution in [2.24, 2.45) is 0 Å². The van der Waals surface area contributed by atoms with Gasteiger partial charge in [-0.25, -0.2) is 9.97 Å². The van der Waals surface area contributed by atoms with Gasteiger partial charge in [-0.1, -0.05) is 18.5 Å². The van der Waals surface area contributed by atoms with Crippen LogP contribution in [-0.2, 0) is 0 Å². The summed E-state index contributed by atoms with van der Waals surface area (Å²) >= 11 is 5.98. The number of halogens is 1. The molecule has 7 heteroatoms. The average molecular weight is 335 g/mol. The number of rotatable bonds is 6. The summed E-state index contributed by atoms with van der Waals surface area (Å²) in [6, 6.07) is 5.30. The van der Waals surface area contributed by atoms with Crippen LogP contribution in [0, 0.1) is 0 Å². The summed E-state index contributed by atoms with van der Waals surface area (Å²) in [5.41, 5.74) is 1.06. The Bertz CT molecular complexity index is 676. The lowest BCUT2D eigenvalue weighted by Crippen LogP contribution is -2.32. The van der Waals surface area contributed by atoms with Crippen LogP contribution in [0.15, 0.2) is 30.6 Å². The molecule has 1 aromatic carbocycles. The van der Waals surface area contributed by atoms with Crippen LogP contribution in [0.3, 0.4) is 0 Å². The average Bonchev–Trinajstić information content (AvgIpc) is 2.55. The fourth-order valence-electron chi connectivity index (χ4n) is 1.82. The standard InChI is InChI=1S/C16H19ClN4O2/c1-4-10(2)20-15(22)11-8-18-16(19-9-11)21-13-7-12(17)5-6-14(13)23-3/h5-10H,4H2,1-3H3,(H,20,22)(H,18,19,21). The molecular weight excluding hydrogens is 316 g/mol. The lowest BCUT2D eigenvalue weighted by atomic mass is 10.2. The van der Waals surface area contributed by atoms with Crippen LogP contribution in [0.5, 0.6) is 5.75 Å². The SMILES string of the molecule is CCC(C)NC(=O)c1cnc(Nc2cc(Cl)ccc2OC)nc1. The summed E-state index contributed by atoms with van der Waals surface area (Å²) in [5, 5.41) is 6.45. The zero-order chi connectivity index (χ0) is 16.8. The van der Waals surface area contributed by atoms with E-state index >= 15 is 0 Å². The molecule has 0 radical (unpaired) electrons. The number of nitrogens with zero attached hydrogens (tertiary/aromatic N) is 2. The maximum Gasteiger partial charge on any atom is 0.254 e. The summed E-state index contributed by atoms with van der Waals surface area (Å²) in [7, 11) is 1.57. The molecule has 1 amide bonds. The molecule has 1 atom stereocenters. The topological polar surface area (TPSA) is 76.1 Å². The van der Waals surface area contributed by atoms with Crippen LogP contribution in [0.1, 0.15) is 30.6 Å². The van der Waals surface area contributed by atoms with Gasteiger partial charge in [-0.05, 0) is 31.5 Å². The Morgan fingerprint density at radius 2 is 2.04 bits per heavy atom. The van der Waals surface area contributed by atoms with E-state index in [1.54, 1.807) is 25.3 Å². The Morgan fingerprint density at radius 1 is 1.35 bits per heavy atom. The third-order valence-electron chi connectivity index (χ3n) is 3.31. The van der Waals surface area contributed by atoms with Crippen molar-refractivity contribution in [3.63, 3.8) is 0 Å². The summed E-state index contributed by atoms with van der Waals surface area (Å²) in [5.74, 6) is 0.786. The summed E-state index contributed by atoms with van der Waals surface area (Å²) in [6.45, 7) is 3.95. The first-order valence-electron chi connectivity index (χ1n) is 7.27. The summed E-state index contributed by atoms with van der Waals surface area (Å²) < 4.78 is 5.25. The number of ether oxygens (including phenoxy) is 1. The van der Waals surface area contributed by atoms with Crippen molar-refractivity contribution in [1.29, 1.82) is 0 Å². The minimum atomic E-state index is -0.189. The van der Waals surface area contributed by atoms with Crippen LogP contribution < -0.4 is 15.4 Å². The lowest BCUT2D eigenvalue weighted by Gasteiger charge is -2.12. The van der Waals surface area contributed by atoms with Gasteiger partial charge in [-0.2, -0.15) is 0 Å². The molecule has 2 aromatic rings. The van der Waals surface area contributed by atoms with Crippen LogP contribution in [0.25, 0.3) is 0 Å². The molecule has 0 fully saturated rings. The highest BCUT2D eigenvalue weighted by Crippen LogP contribution is 2.29. The molecular formula is C16H19ClN4O2. The van der Waals surface area contributed by atoms with Crippen molar-refractivity contribution in [2.45, 2.75) is 26.3 Å². The van der Waals surface area contributed by atoms with Crippen LogP contribution in [0.2, 0.25) is 5.02 Å². The molecule has 0 saturated carbocycles. The van der Waals surface area contributed by atoms with E-state index in [4.69, 9.17) is 16.3 Å². The zero-order valence-electron chi connectivity index (χ0n) is 13.3. The molecule has 2 N–H and O–H groups in total. The Labute approximate surface area is 140 Å². The van der Waals surface area contributed by atoms with E-state index in [9.17, 15) is 4.79 Å². The molecule has 1 heterocycles. The maximum atomic E-state index is 12.0. The molecule has 1 unspecified atom stereocenters. The largest absolute Gasteiger partial charge is 0.495 e. The smallest absolute Gasteiger partial charge is 0.254 e. The van der Waals surface area contributed by atoms with E-state index in [0.29, 0.717) is 28.0 Å². The second kappa shape index (κ2) is 7.78. The number of benzene rings is 1. The predicted molar refractivity (Wildman–Crippen MR) is 90.5 cm³/mol. The van der Waals surface area contributed by atoms with Crippen molar-refractivity contribution < 1.29 is 9.53 Å². The second-order valence-corrected chi connectivity index (χ2v) is 5.48. The number of nitrogens with one attached hydrogen (secondary N) is 2. The third kappa shape index (κ3) is 4.56. The Balaban J connectivity index is 2.11. The van der Waals surface area contributed by atoms with E-state index in [1.165, 1.54) is 12.4 Å². The van der Waals surface area contributed by atoms with Crippen molar-refractivity contribution in [3.8, 4) is 5.75 Å². The van der Waals surface area contributed by atoms with Crippen LogP contribution >= 0.6 is 11.6 Å². The van der Waals surface area contributed by atoms with E-state index in [0.717, 1.165) is 6.42 Å². The maximum absolute atomic E-state index is 12.0. The van der Waals surface area contributed by atoms with Crippen LogP contribution in [0.4, 0.5) is 11.6 Å². The van der Waals surface area contributed by atoms with E-state index in [1.807, 2.05) is 13.8 Å². The molecule has 23 heavy (non-hydrogen) atoms. The number of carbonyl (C=O) groups excluding carboxylic acids is 1. The number of amides is 1. The second-order valence-electron chi connectivity index (χ2n) is 5.05. The number of methoxy groups -OCH3 is 1. The number of anilines is 2. The Hall–Kier alpha value is -2.34. The molecule has 0 saturated heterocycles. The first kappa shape index (κ1) is 17.0. The highest BCUT2D eigenvalue weighted by Gasteiger charge is 2.11. The van der Waals surface area contributed by atoms with Gasteiger partial charge >= 0.3 is 0 Å². The number of aromatic nitrogens is 2. The molecule has 0 aliphatic heterocycles. The normalized spacial score (nSPS) is 11.7. The summed E-state index contributed by atoms with van der Waals surface area (Å²) in [4.78, 5) is 20.3. The van der Waals surface area contributed by atoms with E-state index in [-0.39, 0.29) is 11.9 Å². The fraction of sp³-hybridized carbons (Fsp3) is 0.312. The first-order chi connectivity index (χ1) is 11.0. The van der Waals surface area contributed by atoms with Gasteiger partial charge in [0.25, 0.3) is 5.91 Å². The minimum absolute atomic E-state index is 0.107. The number of carbonyl (C=O) groups is 1. The number of hydrogen-bond acceptors (Lipinski definition) is 5. The quantitative estimate of drug-likeness (QED) is 0.846. The molecule has 1 aromatic heterocycles. The molecule has 0 aliphatic carbocycles. The number of hydrogen-bond donors (Lipinski definition) is 2. The van der Waals surface area contributed by atoms with Crippen molar-refractivity contribution in [2.75, 3.05) is 12.4 Å². The molecule has 0 spiro atoms. The third-order valence-corrected chi connectivity index (χ3v) is 3.55. The molecule has 0 bridgehead atoms. The van der Waals surface area contributed by atoms with Crippen molar-refractivity contribution in [3.05, 3.63) is 41.2 Å². The minimum Gasteiger partial charge on any atom is -0.495 e. The van der Waals surface area contributed by atoms with Gasteiger partial charge in [0.05, 0.1) is 18.4 Å². The monoisotopic (exact) mass is 334 g/mol. The van der Waals surface area contributed by atoms with Gasteiger partial charge in [0.1, 0.15) is 5.75 Å². The van der Waals surface area contributed by atoms with Gasteiger partial charge in [0.15, 0.2) is 0 Å². The van der Waals surface area contributed by atoms with Crippen molar-refractivity contribution in [1.82, 2.24) is 15.3 Å². The molecule has 2 rings (SSSR count). The van der Waals surface area contributed by atoms with E-state index < -0.39 is 0 Å². The summed E-state index contributed by atoms with van der Waals surface area (Å²) in [6.07, 6.45) is 3.81. The molecule has 6 nitrogen and oxygen atoms in total. The highest BCUT2D eigenvalue weighted by atomic mass is 35.5. The lowest BCUT2D eigenvalue weighted by molar-refractivity contribution is 0.0938. The van der Waals surface area contributed by atoms with Crippen LogP contribution in [-0.4, -0.2) is 29.0 Å².